The second-order valence-electron chi connectivity index (χ2n) is 6.78. The van der Waals surface area contributed by atoms with Gasteiger partial charge in [0, 0.05) is 32.0 Å². The number of hydrogen-bond donors (Lipinski definition) is 2. The summed E-state index contributed by atoms with van der Waals surface area (Å²) in [7, 11) is 1.77. The second kappa shape index (κ2) is 9.89. The van der Waals surface area contributed by atoms with Crippen molar-refractivity contribution in [1.29, 1.82) is 0 Å². The molecule has 0 amide bonds. The number of nitrogens with one attached hydrogen (secondary N) is 2. The van der Waals surface area contributed by atoms with Gasteiger partial charge in [-0.1, -0.05) is 13.0 Å². The van der Waals surface area contributed by atoms with Gasteiger partial charge in [-0.2, -0.15) is 0 Å². The van der Waals surface area contributed by atoms with Crippen molar-refractivity contribution >= 4 is 29.9 Å². The standard InChI is InChI=1S/C19H26FN5.HI/c1-14-3-6-16(7-4-14)24-19(21-2)23-12-15-5-8-18(17(20)11-15)25-10-9-22-13-25;/h5,8-11,13-14,16H,3-4,6-7,12H2,1-2H3,(H2,21,23,24);1H. The number of imidazole rings is 1. The van der Waals surface area contributed by atoms with E-state index in [9.17, 15) is 4.39 Å². The van der Waals surface area contributed by atoms with E-state index in [0.717, 1.165) is 17.4 Å². The van der Waals surface area contributed by atoms with E-state index in [1.165, 1.54) is 25.7 Å². The Balaban J connectivity index is 0.00000243. The van der Waals surface area contributed by atoms with E-state index in [2.05, 4.69) is 27.5 Å². The van der Waals surface area contributed by atoms with E-state index >= 15 is 0 Å². The molecular weight excluding hydrogens is 444 g/mol. The van der Waals surface area contributed by atoms with Gasteiger partial charge in [-0.25, -0.2) is 9.37 Å². The summed E-state index contributed by atoms with van der Waals surface area (Å²) in [6, 6.07) is 5.72. The lowest BCUT2D eigenvalue weighted by atomic mass is 9.87. The molecule has 0 spiro atoms. The lowest BCUT2D eigenvalue weighted by Crippen LogP contribution is -2.44. The monoisotopic (exact) mass is 471 g/mol. The third kappa shape index (κ3) is 5.43. The van der Waals surface area contributed by atoms with Crippen LogP contribution in [0.4, 0.5) is 4.39 Å². The topological polar surface area (TPSA) is 54.2 Å². The molecule has 5 nitrogen and oxygen atoms in total. The SMILES string of the molecule is CN=C(NCc1ccc(-n2ccnc2)c(F)c1)NC1CCC(C)CC1.I. The number of hydrogen-bond acceptors (Lipinski definition) is 2. The molecule has 2 aromatic rings. The molecule has 1 aromatic carbocycles. The van der Waals surface area contributed by atoms with Crippen LogP contribution in [0.5, 0.6) is 0 Å². The van der Waals surface area contributed by atoms with Crippen LogP contribution in [0.1, 0.15) is 38.2 Å². The summed E-state index contributed by atoms with van der Waals surface area (Å²) in [6.45, 7) is 2.84. The highest BCUT2D eigenvalue weighted by molar-refractivity contribution is 14.0. The van der Waals surface area contributed by atoms with E-state index in [4.69, 9.17) is 0 Å². The van der Waals surface area contributed by atoms with Crippen molar-refractivity contribution in [3.63, 3.8) is 0 Å². The molecule has 0 aliphatic heterocycles. The average Bonchev–Trinajstić information content (AvgIpc) is 3.14. The van der Waals surface area contributed by atoms with Gasteiger partial charge in [-0.15, -0.1) is 24.0 Å². The molecule has 7 heteroatoms. The average molecular weight is 471 g/mol. The molecule has 1 aliphatic rings. The number of aliphatic imine (C=N–C) groups is 1. The van der Waals surface area contributed by atoms with Crippen molar-refractivity contribution in [3.05, 3.63) is 48.3 Å². The van der Waals surface area contributed by atoms with Gasteiger partial charge in [0.15, 0.2) is 5.96 Å². The van der Waals surface area contributed by atoms with Crippen LogP contribution in [0.2, 0.25) is 0 Å². The van der Waals surface area contributed by atoms with Crippen LogP contribution >= 0.6 is 24.0 Å². The minimum absolute atomic E-state index is 0. The van der Waals surface area contributed by atoms with Gasteiger partial charge in [0.2, 0.25) is 0 Å². The lowest BCUT2D eigenvalue weighted by molar-refractivity contribution is 0.329. The van der Waals surface area contributed by atoms with Crippen molar-refractivity contribution in [2.45, 2.75) is 45.2 Å². The highest BCUT2D eigenvalue weighted by Crippen LogP contribution is 2.23. The summed E-state index contributed by atoms with van der Waals surface area (Å²) in [6.07, 6.45) is 9.83. The maximum Gasteiger partial charge on any atom is 0.191 e. The van der Waals surface area contributed by atoms with E-state index in [0.29, 0.717) is 18.3 Å². The highest BCUT2D eigenvalue weighted by Gasteiger charge is 2.18. The second-order valence-corrected chi connectivity index (χ2v) is 6.78. The maximum atomic E-state index is 14.3. The van der Waals surface area contributed by atoms with E-state index in [1.54, 1.807) is 42.5 Å². The first-order valence-corrected chi connectivity index (χ1v) is 8.89. The van der Waals surface area contributed by atoms with E-state index in [-0.39, 0.29) is 29.8 Å². The Kier molecular flexibility index (Phi) is 7.86. The molecule has 2 N–H and O–H groups in total. The predicted molar refractivity (Wildman–Crippen MR) is 114 cm³/mol. The van der Waals surface area contributed by atoms with Gasteiger partial charge in [0.25, 0.3) is 0 Å². The van der Waals surface area contributed by atoms with Crippen LogP contribution in [0.3, 0.4) is 0 Å². The molecule has 1 heterocycles. The minimum Gasteiger partial charge on any atom is -0.354 e. The zero-order chi connectivity index (χ0) is 17.6. The Morgan fingerprint density at radius 3 is 2.69 bits per heavy atom. The maximum absolute atomic E-state index is 14.3. The summed E-state index contributed by atoms with van der Waals surface area (Å²) in [4.78, 5) is 8.24. The molecule has 3 rings (SSSR count). The molecule has 1 fully saturated rings. The fourth-order valence-electron chi connectivity index (χ4n) is 3.25. The Hall–Kier alpha value is -1.64. The molecule has 0 bridgehead atoms. The molecule has 1 aromatic heterocycles. The van der Waals surface area contributed by atoms with Gasteiger partial charge in [0.1, 0.15) is 5.82 Å². The van der Waals surface area contributed by atoms with Crippen LogP contribution in [0.15, 0.2) is 41.9 Å². The first kappa shape index (κ1) is 20.7. The largest absolute Gasteiger partial charge is 0.354 e. The molecule has 1 saturated carbocycles. The Morgan fingerprint density at radius 1 is 1.31 bits per heavy atom. The number of benzene rings is 1. The zero-order valence-corrected chi connectivity index (χ0v) is 17.6. The van der Waals surface area contributed by atoms with Crippen molar-refractivity contribution in [2.24, 2.45) is 10.9 Å². The van der Waals surface area contributed by atoms with Crippen molar-refractivity contribution in [2.75, 3.05) is 7.05 Å². The van der Waals surface area contributed by atoms with Gasteiger partial charge >= 0.3 is 0 Å². The van der Waals surface area contributed by atoms with Gasteiger partial charge in [-0.05, 0) is 49.3 Å². The van der Waals surface area contributed by atoms with Crippen molar-refractivity contribution in [3.8, 4) is 5.69 Å². The third-order valence-corrected chi connectivity index (χ3v) is 4.83. The molecule has 0 radical (unpaired) electrons. The molecular formula is C19H27FIN5. The molecule has 0 saturated heterocycles. The summed E-state index contributed by atoms with van der Waals surface area (Å²) in [5.41, 5.74) is 1.38. The number of aromatic nitrogens is 2. The highest BCUT2D eigenvalue weighted by atomic mass is 127. The van der Waals surface area contributed by atoms with Gasteiger partial charge in [-0.3, -0.25) is 4.99 Å². The number of guanidine groups is 1. The van der Waals surface area contributed by atoms with E-state index < -0.39 is 0 Å². The van der Waals surface area contributed by atoms with Crippen LogP contribution in [0.25, 0.3) is 5.69 Å². The smallest absolute Gasteiger partial charge is 0.191 e. The summed E-state index contributed by atoms with van der Waals surface area (Å²) < 4.78 is 16.0. The number of halogens is 2. The van der Waals surface area contributed by atoms with Crippen LogP contribution in [0, 0.1) is 11.7 Å². The van der Waals surface area contributed by atoms with Crippen molar-refractivity contribution < 1.29 is 4.39 Å². The molecule has 0 unspecified atom stereocenters. The predicted octanol–water partition coefficient (Wildman–Crippen LogP) is 3.87. The summed E-state index contributed by atoms with van der Waals surface area (Å²) >= 11 is 0. The fraction of sp³-hybridized carbons (Fsp3) is 0.474. The third-order valence-electron chi connectivity index (χ3n) is 4.83. The Bertz CT molecular complexity index is 709. The lowest BCUT2D eigenvalue weighted by Gasteiger charge is -2.28. The molecule has 142 valence electrons. The Morgan fingerprint density at radius 2 is 2.08 bits per heavy atom. The van der Waals surface area contributed by atoms with Crippen LogP contribution in [-0.2, 0) is 6.54 Å². The fourth-order valence-corrected chi connectivity index (χ4v) is 3.25. The minimum atomic E-state index is -0.262. The van der Waals surface area contributed by atoms with Crippen LogP contribution < -0.4 is 10.6 Å². The number of rotatable bonds is 4. The first-order chi connectivity index (χ1) is 12.2. The quantitative estimate of drug-likeness (QED) is 0.405. The van der Waals surface area contributed by atoms with Crippen LogP contribution in [-0.4, -0.2) is 28.6 Å². The molecule has 26 heavy (non-hydrogen) atoms. The first-order valence-electron chi connectivity index (χ1n) is 8.89. The normalized spacial score (nSPS) is 20.3. The number of nitrogens with zero attached hydrogens (tertiary/aromatic N) is 3. The van der Waals surface area contributed by atoms with Gasteiger partial charge < -0.3 is 15.2 Å². The Labute approximate surface area is 171 Å². The van der Waals surface area contributed by atoms with E-state index in [1.807, 2.05) is 6.07 Å². The van der Waals surface area contributed by atoms with Gasteiger partial charge in [0.05, 0.1) is 12.0 Å². The molecule has 0 atom stereocenters. The summed E-state index contributed by atoms with van der Waals surface area (Å²) in [5, 5.41) is 6.76. The summed E-state index contributed by atoms with van der Waals surface area (Å²) in [5.74, 6) is 1.34. The van der Waals surface area contributed by atoms with Crippen molar-refractivity contribution in [1.82, 2.24) is 20.2 Å². The zero-order valence-electron chi connectivity index (χ0n) is 15.3. The molecule has 1 aliphatic carbocycles.